The molecular weight excluding hydrogens is 178 g/mol. The molecule has 5 heteroatoms. The number of hydrogen-bond donors (Lipinski definition) is 2. The second kappa shape index (κ2) is 3.92. The smallest absolute Gasteiger partial charge is 0.319 e. The van der Waals surface area contributed by atoms with Gasteiger partial charge in [-0.1, -0.05) is 11.6 Å². The van der Waals surface area contributed by atoms with Crippen LogP contribution in [0.3, 0.4) is 0 Å². The summed E-state index contributed by atoms with van der Waals surface area (Å²) in [6, 6.07) is 3.05. The van der Waals surface area contributed by atoms with Crippen molar-refractivity contribution in [2.24, 2.45) is 0 Å². The van der Waals surface area contributed by atoms with Gasteiger partial charge in [0.05, 0.1) is 5.69 Å². The predicted octanol–water partition coefficient (Wildman–Crippen LogP) is 1.49. The number of carbonyl (C=O) groups excluding carboxylic acids is 1. The maximum atomic E-state index is 10.8. The van der Waals surface area contributed by atoms with Gasteiger partial charge in [0.2, 0.25) is 0 Å². The molecule has 1 heterocycles. The Morgan fingerprint density at radius 3 is 3.00 bits per heavy atom. The van der Waals surface area contributed by atoms with Crippen LogP contribution in [0.2, 0.25) is 5.15 Å². The van der Waals surface area contributed by atoms with E-state index >= 15 is 0 Å². The second-order valence-corrected chi connectivity index (χ2v) is 2.40. The van der Waals surface area contributed by atoms with Crippen LogP contribution in [-0.4, -0.2) is 18.1 Å². The minimum absolute atomic E-state index is 0.279. The van der Waals surface area contributed by atoms with E-state index in [-0.39, 0.29) is 11.2 Å². The average molecular weight is 186 g/mol. The Balaban J connectivity index is 2.75. The summed E-state index contributed by atoms with van der Waals surface area (Å²) < 4.78 is 0. The number of pyridine rings is 1. The molecule has 0 fully saturated rings. The van der Waals surface area contributed by atoms with Crippen LogP contribution >= 0.6 is 11.6 Å². The van der Waals surface area contributed by atoms with Crippen LogP contribution in [0.15, 0.2) is 18.3 Å². The third-order valence-electron chi connectivity index (χ3n) is 1.23. The van der Waals surface area contributed by atoms with Gasteiger partial charge in [0.15, 0.2) is 5.15 Å². The lowest BCUT2D eigenvalue weighted by atomic mass is 10.4. The quantitative estimate of drug-likeness (QED) is 0.652. The number of rotatable bonds is 1. The lowest BCUT2D eigenvalue weighted by Crippen LogP contribution is -2.24. The number of nitrogens with zero attached hydrogens (tertiary/aromatic N) is 1. The van der Waals surface area contributed by atoms with Crippen molar-refractivity contribution < 1.29 is 4.79 Å². The van der Waals surface area contributed by atoms with Crippen LogP contribution in [0.25, 0.3) is 0 Å². The maximum Gasteiger partial charge on any atom is 0.319 e. The molecule has 12 heavy (non-hydrogen) atoms. The SMILES string of the molecule is CNC(=O)Nc1cccnc1Cl. The van der Waals surface area contributed by atoms with E-state index in [0.29, 0.717) is 5.69 Å². The Kier molecular flexibility index (Phi) is 2.88. The second-order valence-electron chi connectivity index (χ2n) is 2.05. The molecule has 0 atom stereocenters. The van der Waals surface area contributed by atoms with E-state index in [1.807, 2.05) is 0 Å². The van der Waals surface area contributed by atoms with Gasteiger partial charge in [-0.15, -0.1) is 0 Å². The van der Waals surface area contributed by atoms with E-state index < -0.39 is 0 Å². The van der Waals surface area contributed by atoms with Crippen LogP contribution in [-0.2, 0) is 0 Å². The topological polar surface area (TPSA) is 54.0 Å². The largest absolute Gasteiger partial charge is 0.341 e. The molecule has 2 N–H and O–H groups in total. The summed E-state index contributed by atoms with van der Waals surface area (Å²) in [6.07, 6.45) is 1.55. The highest BCUT2D eigenvalue weighted by Crippen LogP contribution is 2.16. The highest BCUT2D eigenvalue weighted by molar-refractivity contribution is 6.32. The molecule has 64 valence electrons. The summed E-state index contributed by atoms with van der Waals surface area (Å²) in [5.74, 6) is 0. The summed E-state index contributed by atoms with van der Waals surface area (Å²) in [5.41, 5.74) is 0.499. The molecule has 1 aromatic rings. The van der Waals surface area contributed by atoms with Gasteiger partial charge < -0.3 is 10.6 Å². The zero-order valence-corrected chi connectivity index (χ0v) is 7.22. The van der Waals surface area contributed by atoms with Crippen molar-refractivity contribution in [3.63, 3.8) is 0 Å². The van der Waals surface area contributed by atoms with Crippen molar-refractivity contribution in [1.82, 2.24) is 10.3 Å². The van der Waals surface area contributed by atoms with E-state index in [9.17, 15) is 4.79 Å². The average Bonchev–Trinajstić information content (AvgIpc) is 2.09. The molecule has 2 amide bonds. The summed E-state index contributed by atoms with van der Waals surface area (Å²) in [4.78, 5) is 14.6. The van der Waals surface area contributed by atoms with Crippen LogP contribution in [0, 0.1) is 0 Å². The minimum atomic E-state index is -0.315. The van der Waals surface area contributed by atoms with Crippen molar-refractivity contribution in [3.8, 4) is 0 Å². The zero-order chi connectivity index (χ0) is 8.97. The summed E-state index contributed by atoms with van der Waals surface area (Å²) in [6.45, 7) is 0. The molecule has 0 saturated heterocycles. The first-order valence-corrected chi connectivity index (χ1v) is 3.71. The number of hydrogen-bond acceptors (Lipinski definition) is 2. The molecule has 0 radical (unpaired) electrons. The van der Waals surface area contributed by atoms with Crippen LogP contribution < -0.4 is 10.6 Å². The number of anilines is 1. The normalized spacial score (nSPS) is 9.17. The van der Waals surface area contributed by atoms with Gasteiger partial charge in [-0.05, 0) is 12.1 Å². The van der Waals surface area contributed by atoms with Gasteiger partial charge in [-0.3, -0.25) is 0 Å². The first-order valence-electron chi connectivity index (χ1n) is 3.33. The molecule has 0 aliphatic carbocycles. The molecule has 0 saturated carbocycles. The molecule has 0 aromatic carbocycles. The molecule has 0 aliphatic heterocycles. The number of halogens is 1. The summed E-state index contributed by atoms with van der Waals surface area (Å²) >= 11 is 5.67. The lowest BCUT2D eigenvalue weighted by Gasteiger charge is -2.04. The molecule has 1 aromatic heterocycles. The molecule has 0 spiro atoms. The van der Waals surface area contributed by atoms with Gasteiger partial charge in [0.1, 0.15) is 0 Å². The van der Waals surface area contributed by atoms with E-state index in [2.05, 4.69) is 15.6 Å². The van der Waals surface area contributed by atoms with E-state index in [4.69, 9.17) is 11.6 Å². The lowest BCUT2D eigenvalue weighted by molar-refractivity contribution is 0.254. The van der Waals surface area contributed by atoms with Crippen LogP contribution in [0.5, 0.6) is 0 Å². The Bertz CT molecular complexity index is 290. The summed E-state index contributed by atoms with van der Waals surface area (Å²) in [5, 5.41) is 5.20. The zero-order valence-electron chi connectivity index (χ0n) is 6.47. The first-order chi connectivity index (χ1) is 5.74. The predicted molar refractivity (Wildman–Crippen MR) is 47.3 cm³/mol. The molecule has 0 bridgehead atoms. The number of amides is 2. The van der Waals surface area contributed by atoms with E-state index in [1.54, 1.807) is 18.3 Å². The Morgan fingerprint density at radius 2 is 2.42 bits per heavy atom. The number of aromatic nitrogens is 1. The first kappa shape index (κ1) is 8.80. The number of urea groups is 1. The van der Waals surface area contributed by atoms with Gasteiger partial charge in [0, 0.05) is 13.2 Å². The van der Waals surface area contributed by atoms with E-state index in [1.165, 1.54) is 7.05 Å². The van der Waals surface area contributed by atoms with Gasteiger partial charge in [-0.25, -0.2) is 9.78 Å². The van der Waals surface area contributed by atoms with Gasteiger partial charge in [0.25, 0.3) is 0 Å². The van der Waals surface area contributed by atoms with Gasteiger partial charge >= 0.3 is 6.03 Å². The molecule has 1 rings (SSSR count). The van der Waals surface area contributed by atoms with Gasteiger partial charge in [-0.2, -0.15) is 0 Å². The molecule has 0 aliphatic rings. The van der Waals surface area contributed by atoms with E-state index in [0.717, 1.165) is 0 Å². The Morgan fingerprint density at radius 1 is 1.67 bits per heavy atom. The van der Waals surface area contributed by atoms with Crippen molar-refractivity contribution in [1.29, 1.82) is 0 Å². The minimum Gasteiger partial charge on any atom is -0.341 e. The maximum absolute atomic E-state index is 10.8. The highest BCUT2D eigenvalue weighted by atomic mass is 35.5. The third kappa shape index (κ3) is 2.10. The molecule has 0 unspecified atom stereocenters. The van der Waals surface area contributed by atoms with Crippen LogP contribution in [0.4, 0.5) is 10.5 Å². The fraction of sp³-hybridized carbons (Fsp3) is 0.143. The summed E-state index contributed by atoms with van der Waals surface area (Å²) in [7, 11) is 1.53. The van der Waals surface area contributed by atoms with Crippen molar-refractivity contribution in [2.75, 3.05) is 12.4 Å². The van der Waals surface area contributed by atoms with Crippen LogP contribution in [0.1, 0.15) is 0 Å². The Labute approximate surface area is 74.9 Å². The molecular formula is C7H8ClN3O. The van der Waals surface area contributed by atoms with Crippen molar-refractivity contribution >= 4 is 23.3 Å². The van der Waals surface area contributed by atoms with Crippen molar-refractivity contribution in [3.05, 3.63) is 23.5 Å². The fourth-order valence-corrected chi connectivity index (χ4v) is 0.831. The third-order valence-corrected chi connectivity index (χ3v) is 1.54. The number of nitrogens with one attached hydrogen (secondary N) is 2. The standard InChI is InChI=1S/C7H8ClN3O/c1-9-7(12)11-5-3-2-4-10-6(5)8/h2-4H,1H3,(H2,9,11,12). The molecule has 4 nitrogen and oxygen atoms in total. The number of carbonyl (C=O) groups is 1. The van der Waals surface area contributed by atoms with Crippen molar-refractivity contribution in [2.45, 2.75) is 0 Å². The Hall–Kier alpha value is -1.29. The monoisotopic (exact) mass is 185 g/mol. The highest BCUT2D eigenvalue weighted by Gasteiger charge is 2.02. The fourth-order valence-electron chi connectivity index (χ4n) is 0.664.